The van der Waals surface area contributed by atoms with E-state index in [0.717, 1.165) is 18.2 Å². The van der Waals surface area contributed by atoms with Gasteiger partial charge in [0.15, 0.2) is 0 Å². The number of nitrogens with one attached hydrogen (secondary N) is 1. The van der Waals surface area contributed by atoms with Gasteiger partial charge in [0.25, 0.3) is 0 Å². The van der Waals surface area contributed by atoms with Gasteiger partial charge in [0, 0.05) is 10.0 Å². The minimum absolute atomic E-state index is 0.155. The molecule has 0 saturated carbocycles. The molecule has 0 fully saturated rings. The van der Waals surface area contributed by atoms with E-state index in [1.807, 2.05) is 0 Å². The van der Waals surface area contributed by atoms with E-state index in [1.54, 1.807) is 13.0 Å². The lowest BCUT2D eigenvalue weighted by Crippen LogP contribution is -2.10. The fourth-order valence-corrected chi connectivity index (χ4v) is 2.10. The SMILES string of the molecule is CC(Nc1ccc(Br)cc1F)c1cc(F)ccc1F. The van der Waals surface area contributed by atoms with Crippen molar-refractivity contribution in [1.29, 1.82) is 0 Å². The summed E-state index contributed by atoms with van der Waals surface area (Å²) in [7, 11) is 0. The minimum atomic E-state index is -0.550. The lowest BCUT2D eigenvalue weighted by Gasteiger charge is -2.17. The molecule has 0 aliphatic rings. The summed E-state index contributed by atoms with van der Waals surface area (Å²) >= 11 is 3.15. The van der Waals surface area contributed by atoms with Gasteiger partial charge in [-0.1, -0.05) is 15.9 Å². The number of rotatable bonds is 3. The molecule has 1 N–H and O–H groups in total. The number of halogens is 4. The van der Waals surface area contributed by atoms with Crippen LogP contribution in [0.25, 0.3) is 0 Å². The Hall–Kier alpha value is -1.49. The van der Waals surface area contributed by atoms with E-state index >= 15 is 0 Å². The Balaban J connectivity index is 2.25. The van der Waals surface area contributed by atoms with Crippen molar-refractivity contribution in [2.24, 2.45) is 0 Å². The molecule has 0 bridgehead atoms. The summed E-state index contributed by atoms with van der Waals surface area (Å²) < 4.78 is 40.9. The summed E-state index contributed by atoms with van der Waals surface area (Å²) in [5.74, 6) is -1.52. The van der Waals surface area contributed by atoms with Gasteiger partial charge in [0.1, 0.15) is 17.5 Å². The maximum absolute atomic E-state index is 13.6. The van der Waals surface area contributed by atoms with Crippen LogP contribution in [0.1, 0.15) is 18.5 Å². The van der Waals surface area contributed by atoms with Crippen molar-refractivity contribution in [3.05, 3.63) is 63.9 Å². The number of benzene rings is 2. The summed E-state index contributed by atoms with van der Waals surface area (Å²) in [4.78, 5) is 0. The topological polar surface area (TPSA) is 12.0 Å². The molecule has 0 saturated heterocycles. The van der Waals surface area contributed by atoms with E-state index in [1.165, 1.54) is 12.1 Å². The Morgan fingerprint density at radius 1 is 1.00 bits per heavy atom. The third-order valence-corrected chi connectivity index (χ3v) is 3.22. The zero-order valence-electron chi connectivity index (χ0n) is 10.1. The predicted octanol–water partition coefficient (Wildman–Crippen LogP) is 5.04. The zero-order valence-corrected chi connectivity index (χ0v) is 11.6. The smallest absolute Gasteiger partial charge is 0.147 e. The van der Waals surface area contributed by atoms with E-state index in [0.29, 0.717) is 4.47 Å². The van der Waals surface area contributed by atoms with Crippen LogP contribution in [0.2, 0.25) is 0 Å². The van der Waals surface area contributed by atoms with Crippen LogP contribution in [0.15, 0.2) is 40.9 Å². The van der Waals surface area contributed by atoms with Gasteiger partial charge in [-0.2, -0.15) is 0 Å². The predicted molar refractivity (Wildman–Crippen MR) is 72.5 cm³/mol. The summed E-state index contributed by atoms with van der Waals surface area (Å²) in [6.45, 7) is 1.64. The molecule has 0 heterocycles. The number of hydrogen-bond acceptors (Lipinski definition) is 1. The van der Waals surface area contributed by atoms with Gasteiger partial charge < -0.3 is 5.32 Å². The van der Waals surface area contributed by atoms with E-state index < -0.39 is 23.5 Å². The molecule has 5 heteroatoms. The lowest BCUT2D eigenvalue weighted by atomic mass is 10.1. The van der Waals surface area contributed by atoms with Gasteiger partial charge in [-0.15, -0.1) is 0 Å². The molecular weight excluding hydrogens is 319 g/mol. The highest BCUT2D eigenvalue weighted by molar-refractivity contribution is 9.10. The third kappa shape index (κ3) is 3.29. The van der Waals surface area contributed by atoms with Crippen molar-refractivity contribution in [2.45, 2.75) is 13.0 Å². The third-order valence-electron chi connectivity index (χ3n) is 2.73. The molecule has 0 aliphatic heterocycles. The molecule has 0 aliphatic carbocycles. The van der Waals surface area contributed by atoms with Crippen LogP contribution < -0.4 is 5.32 Å². The Kier molecular flexibility index (Phi) is 4.14. The van der Waals surface area contributed by atoms with Gasteiger partial charge in [0.2, 0.25) is 0 Å². The second kappa shape index (κ2) is 5.65. The van der Waals surface area contributed by atoms with Crippen molar-refractivity contribution in [3.63, 3.8) is 0 Å². The van der Waals surface area contributed by atoms with Gasteiger partial charge in [0.05, 0.1) is 11.7 Å². The van der Waals surface area contributed by atoms with Crippen molar-refractivity contribution in [2.75, 3.05) is 5.32 Å². The molecule has 1 nitrogen and oxygen atoms in total. The molecule has 1 atom stereocenters. The summed E-state index contributed by atoms with van der Waals surface area (Å²) in [5.41, 5.74) is 0.390. The Morgan fingerprint density at radius 2 is 1.74 bits per heavy atom. The number of hydrogen-bond donors (Lipinski definition) is 1. The van der Waals surface area contributed by atoms with Gasteiger partial charge in [-0.25, -0.2) is 13.2 Å². The normalized spacial score (nSPS) is 12.3. The Morgan fingerprint density at radius 3 is 2.42 bits per heavy atom. The summed E-state index contributed by atoms with van der Waals surface area (Å²) in [6, 6.07) is 7.16. The first kappa shape index (κ1) is 13.9. The molecule has 1 unspecified atom stereocenters. The maximum atomic E-state index is 13.6. The average Bonchev–Trinajstić information content (AvgIpc) is 2.35. The van der Waals surface area contributed by atoms with E-state index in [2.05, 4.69) is 21.2 Å². The average molecular weight is 330 g/mol. The molecule has 2 aromatic rings. The van der Waals surface area contributed by atoms with Crippen LogP contribution >= 0.6 is 15.9 Å². The van der Waals surface area contributed by atoms with Gasteiger partial charge in [-0.3, -0.25) is 0 Å². The largest absolute Gasteiger partial charge is 0.376 e. The van der Waals surface area contributed by atoms with Crippen LogP contribution in [0.3, 0.4) is 0 Å². The van der Waals surface area contributed by atoms with E-state index in [9.17, 15) is 13.2 Å². The first-order chi connectivity index (χ1) is 8.97. The quantitative estimate of drug-likeness (QED) is 0.831. The Labute approximate surface area is 117 Å². The van der Waals surface area contributed by atoms with Crippen molar-refractivity contribution in [3.8, 4) is 0 Å². The zero-order chi connectivity index (χ0) is 14.0. The molecule has 100 valence electrons. The second-order valence-electron chi connectivity index (χ2n) is 4.16. The van der Waals surface area contributed by atoms with Crippen molar-refractivity contribution >= 4 is 21.6 Å². The van der Waals surface area contributed by atoms with Crippen LogP contribution in [-0.4, -0.2) is 0 Å². The molecule has 2 rings (SSSR count). The fourth-order valence-electron chi connectivity index (χ4n) is 1.76. The highest BCUT2D eigenvalue weighted by Crippen LogP contribution is 2.25. The molecule has 0 spiro atoms. The highest BCUT2D eigenvalue weighted by Gasteiger charge is 2.13. The summed E-state index contributed by atoms with van der Waals surface area (Å²) in [5, 5.41) is 2.82. The maximum Gasteiger partial charge on any atom is 0.147 e. The summed E-state index contributed by atoms with van der Waals surface area (Å²) in [6.07, 6.45) is 0. The first-order valence-electron chi connectivity index (χ1n) is 5.64. The van der Waals surface area contributed by atoms with Gasteiger partial charge >= 0.3 is 0 Å². The van der Waals surface area contributed by atoms with E-state index in [-0.39, 0.29) is 11.3 Å². The standard InChI is InChI=1S/C14H11BrF3N/c1-8(11-7-10(16)3-4-12(11)17)19-14-5-2-9(15)6-13(14)18/h2-8,19H,1H3. The molecular formula is C14H11BrF3N. The highest BCUT2D eigenvalue weighted by atomic mass is 79.9. The van der Waals surface area contributed by atoms with E-state index in [4.69, 9.17) is 0 Å². The monoisotopic (exact) mass is 329 g/mol. The Bertz CT molecular complexity index is 601. The fraction of sp³-hybridized carbons (Fsp3) is 0.143. The first-order valence-corrected chi connectivity index (χ1v) is 6.43. The second-order valence-corrected chi connectivity index (χ2v) is 5.07. The van der Waals surface area contributed by atoms with Crippen LogP contribution in [0, 0.1) is 17.5 Å². The molecule has 19 heavy (non-hydrogen) atoms. The molecule has 0 amide bonds. The number of anilines is 1. The molecule has 0 radical (unpaired) electrons. The van der Waals surface area contributed by atoms with Crippen LogP contribution in [0.4, 0.5) is 18.9 Å². The van der Waals surface area contributed by atoms with Crippen LogP contribution in [-0.2, 0) is 0 Å². The molecule has 2 aromatic carbocycles. The lowest BCUT2D eigenvalue weighted by molar-refractivity contribution is 0.575. The van der Waals surface area contributed by atoms with Crippen molar-refractivity contribution in [1.82, 2.24) is 0 Å². The van der Waals surface area contributed by atoms with Gasteiger partial charge in [-0.05, 0) is 43.3 Å². The molecule has 0 aromatic heterocycles. The van der Waals surface area contributed by atoms with Crippen LogP contribution in [0.5, 0.6) is 0 Å². The van der Waals surface area contributed by atoms with Crippen molar-refractivity contribution < 1.29 is 13.2 Å². The minimum Gasteiger partial charge on any atom is -0.376 e.